The van der Waals surface area contributed by atoms with Gasteiger partial charge in [-0.15, -0.1) is 0 Å². The van der Waals surface area contributed by atoms with Gasteiger partial charge in [0.25, 0.3) is 0 Å². The smallest absolute Gasteiger partial charge is 0.420 e. The number of hydrogen-bond acceptors (Lipinski definition) is 8. The van der Waals surface area contributed by atoms with E-state index in [1.807, 2.05) is 12.1 Å². The summed E-state index contributed by atoms with van der Waals surface area (Å²) in [4.78, 5) is 25.2. The van der Waals surface area contributed by atoms with E-state index in [0.717, 1.165) is 51.1 Å². The van der Waals surface area contributed by atoms with Crippen LogP contribution in [0.5, 0.6) is 5.75 Å². The van der Waals surface area contributed by atoms with Crippen molar-refractivity contribution in [3.05, 3.63) is 35.1 Å². The SMILES string of the molecule is COc1cc(N2CCN([C@H]3C4CC5CC3C[C@](C(=O)OC)(C5)C4)CC2)ccc1Nc1ncc(C(F)(F)F)c(Cl)n1. The fourth-order valence-corrected chi connectivity index (χ4v) is 8.29. The second-order valence-electron chi connectivity index (χ2n) is 11.7. The van der Waals surface area contributed by atoms with Crippen molar-refractivity contribution >= 4 is 34.9 Å². The highest BCUT2D eigenvalue weighted by molar-refractivity contribution is 6.30. The Labute approximate surface area is 236 Å². The topological polar surface area (TPSA) is 79.8 Å². The normalized spacial score (nSPS) is 29.9. The minimum absolute atomic E-state index is 0.00460. The van der Waals surface area contributed by atoms with Crippen LogP contribution in [0.15, 0.2) is 24.4 Å². The van der Waals surface area contributed by atoms with Gasteiger partial charge >= 0.3 is 12.1 Å². The molecule has 8 nitrogen and oxygen atoms in total. The third kappa shape index (κ3) is 4.85. The van der Waals surface area contributed by atoms with E-state index >= 15 is 0 Å². The number of methoxy groups -OCH3 is 2. The number of halogens is 4. The van der Waals surface area contributed by atoms with Crippen LogP contribution in [0.2, 0.25) is 5.15 Å². The molecule has 1 aliphatic heterocycles. The van der Waals surface area contributed by atoms with Gasteiger partial charge in [-0.2, -0.15) is 13.2 Å². The summed E-state index contributed by atoms with van der Waals surface area (Å²) in [5, 5.41) is 2.24. The highest BCUT2D eigenvalue weighted by atomic mass is 35.5. The van der Waals surface area contributed by atoms with Crippen molar-refractivity contribution < 1.29 is 27.4 Å². The molecule has 5 aliphatic rings. The molecular formula is C28H33ClF3N5O3. The number of aromatic nitrogens is 2. The average molecular weight is 580 g/mol. The molecule has 0 spiro atoms. The van der Waals surface area contributed by atoms with E-state index in [9.17, 15) is 18.0 Å². The van der Waals surface area contributed by atoms with Crippen LogP contribution in [-0.4, -0.2) is 67.3 Å². The maximum absolute atomic E-state index is 13.0. The largest absolute Gasteiger partial charge is 0.494 e. The summed E-state index contributed by atoms with van der Waals surface area (Å²) in [6, 6.07) is 6.20. The Bertz CT molecular complexity index is 1270. The highest BCUT2D eigenvalue weighted by Gasteiger charge is 2.60. The lowest BCUT2D eigenvalue weighted by Gasteiger charge is -2.61. The lowest BCUT2D eigenvalue weighted by atomic mass is 9.47. The van der Waals surface area contributed by atoms with Crippen LogP contribution in [0.4, 0.5) is 30.5 Å². The monoisotopic (exact) mass is 579 g/mol. The molecule has 4 saturated carbocycles. The Hall–Kier alpha value is -2.79. The molecule has 1 aromatic carbocycles. The maximum Gasteiger partial charge on any atom is 0.420 e. The summed E-state index contributed by atoms with van der Waals surface area (Å²) in [6.45, 7) is 3.64. The molecule has 40 heavy (non-hydrogen) atoms. The first kappa shape index (κ1) is 27.4. The van der Waals surface area contributed by atoms with Crippen LogP contribution in [0.1, 0.15) is 37.7 Å². The van der Waals surface area contributed by atoms with Gasteiger partial charge in [-0.3, -0.25) is 9.69 Å². The number of nitrogens with one attached hydrogen (secondary N) is 1. The van der Waals surface area contributed by atoms with Crippen molar-refractivity contribution in [2.24, 2.45) is 23.2 Å². The van der Waals surface area contributed by atoms with E-state index in [1.54, 1.807) is 6.07 Å². The first-order chi connectivity index (χ1) is 19.1. The van der Waals surface area contributed by atoms with Gasteiger partial charge in [-0.25, -0.2) is 9.97 Å². The number of piperazine rings is 1. The molecule has 5 fully saturated rings. The molecule has 12 heteroatoms. The molecule has 2 unspecified atom stereocenters. The van der Waals surface area contributed by atoms with Gasteiger partial charge in [0.05, 0.1) is 25.3 Å². The number of rotatable bonds is 6. The summed E-state index contributed by atoms with van der Waals surface area (Å²) in [5.74, 6) is 2.23. The summed E-state index contributed by atoms with van der Waals surface area (Å²) in [5.41, 5.74) is 0.182. The predicted molar refractivity (Wildman–Crippen MR) is 144 cm³/mol. The number of ether oxygens (including phenoxy) is 2. The Kier molecular flexibility index (Phi) is 7.01. The van der Waals surface area contributed by atoms with Gasteiger partial charge in [0.1, 0.15) is 16.5 Å². The van der Waals surface area contributed by atoms with Gasteiger partial charge in [0, 0.05) is 50.2 Å². The molecule has 2 heterocycles. The standard InChI is InChI=1S/C28H33ClF3N5O3/c1-39-22-11-19(3-4-21(22)34-26-33-15-20(24(29)35-26)28(30,31)32)36-5-7-37(8-6-36)23-17-9-16-10-18(23)14-27(12-16,13-17)25(38)40-2/h3-4,11,15-18,23H,5-10,12-14H2,1-2H3,(H,33,34,35)/t16?,17?,18?,23-,27-. The van der Waals surface area contributed by atoms with Gasteiger partial charge in [-0.1, -0.05) is 11.6 Å². The van der Waals surface area contributed by atoms with Gasteiger partial charge in [0.2, 0.25) is 5.95 Å². The Morgan fingerprint density at radius 3 is 2.40 bits per heavy atom. The number of hydrogen-bond donors (Lipinski definition) is 1. The summed E-state index contributed by atoms with van der Waals surface area (Å²) in [6.07, 6.45) is 1.39. The van der Waals surface area contributed by atoms with E-state index in [4.69, 9.17) is 21.1 Å². The fourth-order valence-electron chi connectivity index (χ4n) is 8.05. The van der Waals surface area contributed by atoms with E-state index < -0.39 is 16.9 Å². The number of anilines is 3. The highest BCUT2D eigenvalue weighted by Crippen LogP contribution is 2.61. The van der Waals surface area contributed by atoms with E-state index in [-0.39, 0.29) is 17.3 Å². The second kappa shape index (κ2) is 10.2. The van der Waals surface area contributed by atoms with Crippen molar-refractivity contribution in [3.63, 3.8) is 0 Å². The van der Waals surface area contributed by atoms with Crippen LogP contribution >= 0.6 is 11.6 Å². The van der Waals surface area contributed by atoms with Crippen LogP contribution in [0.3, 0.4) is 0 Å². The first-order valence-corrected chi connectivity index (χ1v) is 14.1. The quantitative estimate of drug-likeness (QED) is 0.360. The molecule has 2 aromatic rings. The minimum Gasteiger partial charge on any atom is -0.494 e. The predicted octanol–water partition coefficient (Wildman–Crippen LogP) is 5.39. The van der Waals surface area contributed by atoms with Crippen LogP contribution in [0.25, 0.3) is 0 Å². The number of alkyl halides is 3. The average Bonchev–Trinajstić information content (AvgIpc) is 2.92. The van der Waals surface area contributed by atoms with Crippen molar-refractivity contribution in [2.75, 3.05) is 50.6 Å². The molecule has 4 bridgehead atoms. The van der Waals surface area contributed by atoms with Crippen molar-refractivity contribution in [1.82, 2.24) is 14.9 Å². The lowest BCUT2D eigenvalue weighted by molar-refractivity contribution is -0.176. The molecule has 1 N–H and O–H groups in total. The third-order valence-electron chi connectivity index (χ3n) is 9.42. The maximum atomic E-state index is 13.0. The molecule has 0 amide bonds. The van der Waals surface area contributed by atoms with Gasteiger partial charge in [0.15, 0.2) is 0 Å². The Morgan fingerprint density at radius 2 is 1.80 bits per heavy atom. The number of esters is 1. The van der Waals surface area contributed by atoms with Crippen LogP contribution < -0.4 is 15.0 Å². The number of nitrogens with zero attached hydrogens (tertiary/aromatic N) is 4. The number of benzene rings is 1. The Morgan fingerprint density at radius 1 is 1.10 bits per heavy atom. The molecule has 4 aliphatic carbocycles. The summed E-state index contributed by atoms with van der Waals surface area (Å²) in [7, 11) is 3.06. The molecule has 2 atom stereocenters. The Balaban J connectivity index is 1.11. The fraction of sp³-hybridized carbons (Fsp3) is 0.607. The van der Waals surface area contributed by atoms with Crippen molar-refractivity contribution in [1.29, 1.82) is 0 Å². The zero-order chi connectivity index (χ0) is 28.2. The third-order valence-corrected chi connectivity index (χ3v) is 9.71. The molecular weight excluding hydrogens is 547 g/mol. The molecule has 216 valence electrons. The molecule has 1 aromatic heterocycles. The lowest BCUT2D eigenvalue weighted by Crippen LogP contribution is -2.63. The van der Waals surface area contributed by atoms with Crippen LogP contribution in [-0.2, 0) is 15.7 Å². The van der Waals surface area contributed by atoms with E-state index in [2.05, 4.69) is 25.1 Å². The van der Waals surface area contributed by atoms with Gasteiger partial charge < -0.3 is 19.7 Å². The zero-order valence-corrected chi connectivity index (χ0v) is 23.3. The summed E-state index contributed by atoms with van der Waals surface area (Å²) < 4.78 is 49.7. The number of carbonyl (C=O) groups is 1. The van der Waals surface area contributed by atoms with E-state index in [1.165, 1.54) is 27.1 Å². The zero-order valence-electron chi connectivity index (χ0n) is 22.5. The molecule has 0 radical (unpaired) electrons. The molecule has 1 saturated heterocycles. The second-order valence-corrected chi connectivity index (χ2v) is 12.0. The van der Waals surface area contributed by atoms with Crippen LogP contribution in [0, 0.1) is 23.2 Å². The number of carbonyl (C=O) groups excluding carboxylic acids is 1. The molecule has 7 rings (SSSR count). The van der Waals surface area contributed by atoms with Crippen molar-refractivity contribution in [2.45, 2.75) is 44.3 Å². The minimum atomic E-state index is -4.62. The van der Waals surface area contributed by atoms with E-state index in [0.29, 0.717) is 41.4 Å². The van der Waals surface area contributed by atoms with Gasteiger partial charge in [-0.05, 0) is 62.0 Å². The summed E-state index contributed by atoms with van der Waals surface area (Å²) >= 11 is 5.74. The first-order valence-electron chi connectivity index (χ1n) is 13.7. The van der Waals surface area contributed by atoms with Crippen molar-refractivity contribution in [3.8, 4) is 5.75 Å².